The van der Waals surface area contributed by atoms with Gasteiger partial charge in [0, 0.05) is 42.9 Å². The normalized spacial score (nSPS) is 18.2. The van der Waals surface area contributed by atoms with E-state index in [0.29, 0.717) is 23.2 Å². The molecule has 0 radical (unpaired) electrons. The molecule has 1 atom stereocenters. The standard InChI is InChI=1S/C22H20F2N6O3/c1-28-20(14-7-26-29(9-14)11-18(23)24)16(8-25-28)12-2-3-15-13(6-12)10-30(22(15)33)17-4-5-19(31)27-21(17)32/h2-3,6-9,17-18H,4-5,10-11H2,1H3,(H,27,31,32). The fraction of sp³-hybridized carbons (Fsp3) is 0.318. The highest BCUT2D eigenvalue weighted by Crippen LogP contribution is 2.35. The van der Waals surface area contributed by atoms with E-state index in [1.807, 2.05) is 6.07 Å². The summed E-state index contributed by atoms with van der Waals surface area (Å²) in [6.07, 6.45) is 2.73. The Morgan fingerprint density at radius 3 is 2.70 bits per heavy atom. The Hall–Kier alpha value is -3.89. The van der Waals surface area contributed by atoms with Gasteiger partial charge in [-0.1, -0.05) is 6.07 Å². The number of aromatic nitrogens is 4. The molecule has 11 heteroatoms. The van der Waals surface area contributed by atoms with Crippen LogP contribution in [0.1, 0.15) is 28.8 Å². The van der Waals surface area contributed by atoms with Gasteiger partial charge in [-0.05, 0) is 29.7 Å². The van der Waals surface area contributed by atoms with E-state index in [0.717, 1.165) is 16.7 Å². The molecule has 0 spiro atoms. The number of fused-ring (bicyclic) bond motifs is 1. The predicted molar refractivity (Wildman–Crippen MR) is 112 cm³/mol. The van der Waals surface area contributed by atoms with Gasteiger partial charge in [-0.3, -0.25) is 29.1 Å². The summed E-state index contributed by atoms with van der Waals surface area (Å²) in [6.45, 7) is -0.236. The summed E-state index contributed by atoms with van der Waals surface area (Å²) in [7, 11) is 1.75. The number of halogens is 2. The molecular weight excluding hydrogens is 434 g/mol. The minimum Gasteiger partial charge on any atom is -0.322 e. The molecule has 9 nitrogen and oxygen atoms in total. The maximum Gasteiger partial charge on any atom is 0.257 e. The largest absolute Gasteiger partial charge is 0.322 e. The molecule has 0 aliphatic carbocycles. The molecule has 1 saturated heterocycles. The monoisotopic (exact) mass is 454 g/mol. The third-order valence-corrected chi connectivity index (χ3v) is 6.01. The summed E-state index contributed by atoms with van der Waals surface area (Å²) in [5.74, 6) is -1.03. The second-order valence-electron chi connectivity index (χ2n) is 8.14. The minimum absolute atomic E-state index is 0.195. The quantitative estimate of drug-likeness (QED) is 0.594. The molecule has 1 fully saturated rings. The fourth-order valence-electron chi connectivity index (χ4n) is 4.46. The highest BCUT2D eigenvalue weighted by Gasteiger charge is 2.39. The SMILES string of the molecule is Cn1ncc(-c2ccc3c(c2)CN(C2CCC(=O)NC2=O)C3=O)c1-c1cnn(CC(F)F)c1. The molecule has 1 aromatic carbocycles. The molecule has 2 aliphatic rings. The number of benzene rings is 1. The lowest BCUT2D eigenvalue weighted by molar-refractivity contribution is -0.136. The van der Waals surface area contributed by atoms with Crippen LogP contribution in [0.4, 0.5) is 8.78 Å². The predicted octanol–water partition coefficient (Wildman–Crippen LogP) is 1.98. The van der Waals surface area contributed by atoms with Crippen molar-refractivity contribution in [3.63, 3.8) is 0 Å². The molecular formula is C22H20F2N6O3. The summed E-state index contributed by atoms with van der Waals surface area (Å²) in [5, 5.41) is 10.6. The van der Waals surface area contributed by atoms with Crippen LogP contribution in [0.15, 0.2) is 36.8 Å². The first kappa shape index (κ1) is 21.0. The van der Waals surface area contributed by atoms with E-state index in [1.54, 1.807) is 36.3 Å². The number of nitrogens with zero attached hydrogens (tertiary/aromatic N) is 5. The summed E-state index contributed by atoms with van der Waals surface area (Å²) in [5.41, 5.74) is 4.21. The summed E-state index contributed by atoms with van der Waals surface area (Å²) >= 11 is 0. The average Bonchev–Trinajstić information content (AvgIpc) is 3.45. The Labute approximate surface area is 187 Å². The van der Waals surface area contributed by atoms with Gasteiger partial charge in [-0.25, -0.2) is 8.78 Å². The van der Waals surface area contributed by atoms with E-state index in [-0.39, 0.29) is 24.8 Å². The van der Waals surface area contributed by atoms with Crippen molar-refractivity contribution < 1.29 is 23.2 Å². The number of imide groups is 1. The number of carbonyl (C=O) groups excluding carboxylic acids is 3. The van der Waals surface area contributed by atoms with Crippen LogP contribution in [0.2, 0.25) is 0 Å². The first-order valence-electron chi connectivity index (χ1n) is 10.4. The number of rotatable bonds is 5. The van der Waals surface area contributed by atoms with Crippen LogP contribution >= 0.6 is 0 Å². The second kappa shape index (κ2) is 7.91. The van der Waals surface area contributed by atoms with Gasteiger partial charge in [0.25, 0.3) is 12.3 Å². The number of hydrogen-bond donors (Lipinski definition) is 1. The van der Waals surface area contributed by atoms with Crippen molar-refractivity contribution in [3.05, 3.63) is 47.9 Å². The van der Waals surface area contributed by atoms with Crippen molar-refractivity contribution in [2.75, 3.05) is 0 Å². The van der Waals surface area contributed by atoms with Crippen molar-refractivity contribution >= 4 is 17.7 Å². The number of hydrogen-bond acceptors (Lipinski definition) is 5. The summed E-state index contributed by atoms with van der Waals surface area (Å²) in [4.78, 5) is 38.1. The van der Waals surface area contributed by atoms with Crippen molar-refractivity contribution in [1.82, 2.24) is 29.8 Å². The van der Waals surface area contributed by atoms with Gasteiger partial charge in [0.15, 0.2) is 0 Å². The van der Waals surface area contributed by atoms with E-state index < -0.39 is 24.9 Å². The van der Waals surface area contributed by atoms with Gasteiger partial charge in [0.05, 0.1) is 18.1 Å². The van der Waals surface area contributed by atoms with Crippen LogP contribution in [-0.4, -0.2) is 54.6 Å². The number of carbonyl (C=O) groups is 3. The van der Waals surface area contributed by atoms with Gasteiger partial charge in [0.1, 0.15) is 12.6 Å². The van der Waals surface area contributed by atoms with Gasteiger partial charge in [-0.15, -0.1) is 0 Å². The molecule has 4 heterocycles. The van der Waals surface area contributed by atoms with E-state index >= 15 is 0 Å². The van der Waals surface area contributed by atoms with Gasteiger partial charge < -0.3 is 4.90 Å². The van der Waals surface area contributed by atoms with Gasteiger partial charge in [-0.2, -0.15) is 10.2 Å². The molecule has 2 aromatic heterocycles. The Kier molecular flexibility index (Phi) is 5.03. The molecule has 3 amide bonds. The number of aryl methyl sites for hydroxylation is 1. The lowest BCUT2D eigenvalue weighted by Crippen LogP contribution is -2.52. The highest BCUT2D eigenvalue weighted by atomic mass is 19.3. The van der Waals surface area contributed by atoms with Crippen molar-refractivity contribution in [2.45, 2.75) is 38.4 Å². The molecule has 0 bridgehead atoms. The van der Waals surface area contributed by atoms with E-state index in [1.165, 1.54) is 15.8 Å². The number of piperidine rings is 1. The zero-order valence-electron chi connectivity index (χ0n) is 17.7. The van der Waals surface area contributed by atoms with Crippen LogP contribution in [0.5, 0.6) is 0 Å². The fourth-order valence-corrected chi connectivity index (χ4v) is 4.46. The number of amides is 3. The van der Waals surface area contributed by atoms with E-state index in [4.69, 9.17) is 0 Å². The lowest BCUT2D eigenvalue weighted by atomic mass is 9.99. The van der Waals surface area contributed by atoms with E-state index in [9.17, 15) is 23.2 Å². The third-order valence-electron chi connectivity index (χ3n) is 6.01. The van der Waals surface area contributed by atoms with Gasteiger partial charge in [0.2, 0.25) is 11.8 Å². The van der Waals surface area contributed by atoms with Crippen LogP contribution in [0.25, 0.3) is 22.4 Å². The topological polar surface area (TPSA) is 102 Å². The zero-order valence-corrected chi connectivity index (χ0v) is 17.7. The molecule has 170 valence electrons. The molecule has 0 saturated carbocycles. The Morgan fingerprint density at radius 2 is 1.94 bits per heavy atom. The molecule has 3 aromatic rings. The molecule has 5 rings (SSSR count). The van der Waals surface area contributed by atoms with Crippen molar-refractivity contribution in [2.24, 2.45) is 7.05 Å². The zero-order chi connectivity index (χ0) is 23.3. The van der Waals surface area contributed by atoms with Crippen molar-refractivity contribution in [1.29, 1.82) is 0 Å². The molecule has 1 N–H and O–H groups in total. The molecule has 1 unspecified atom stereocenters. The van der Waals surface area contributed by atoms with Crippen molar-refractivity contribution in [3.8, 4) is 22.4 Å². The maximum atomic E-state index is 12.9. The third kappa shape index (κ3) is 3.69. The van der Waals surface area contributed by atoms with Crippen LogP contribution in [0.3, 0.4) is 0 Å². The smallest absolute Gasteiger partial charge is 0.257 e. The molecule has 33 heavy (non-hydrogen) atoms. The lowest BCUT2D eigenvalue weighted by Gasteiger charge is -2.29. The number of nitrogens with one attached hydrogen (secondary N) is 1. The second-order valence-corrected chi connectivity index (χ2v) is 8.14. The number of alkyl halides is 2. The summed E-state index contributed by atoms with van der Waals surface area (Å²) < 4.78 is 28.3. The van der Waals surface area contributed by atoms with Crippen LogP contribution in [0, 0.1) is 0 Å². The van der Waals surface area contributed by atoms with Gasteiger partial charge >= 0.3 is 0 Å². The maximum absolute atomic E-state index is 12.9. The van der Waals surface area contributed by atoms with E-state index in [2.05, 4.69) is 15.5 Å². The molecule has 2 aliphatic heterocycles. The Balaban J connectivity index is 1.45. The van der Waals surface area contributed by atoms with Crippen LogP contribution < -0.4 is 5.32 Å². The minimum atomic E-state index is -2.51. The highest BCUT2D eigenvalue weighted by molar-refractivity contribution is 6.05. The average molecular weight is 454 g/mol. The first-order valence-corrected chi connectivity index (χ1v) is 10.4. The van der Waals surface area contributed by atoms with Crippen LogP contribution in [-0.2, 0) is 29.7 Å². The Morgan fingerprint density at radius 1 is 1.12 bits per heavy atom. The summed E-state index contributed by atoms with van der Waals surface area (Å²) in [6, 6.07) is 4.72. The first-order chi connectivity index (χ1) is 15.8. The Bertz CT molecular complexity index is 1280.